The second kappa shape index (κ2) is 11.3. The first-order valence-corrected chi connectivity index (χ1v) is 12.9. The maximum atomic E-state index is 14.1. The highest BCUT2D eigenvalue weighted by Crippen LogP contribution is 2.42. The standard InChI is InChI=1S/C30H39NO4/c1-5-24(23-16-11-8-12-17-23)25-18-13-20-31(26(25)29(34)35,21-19-22-14-9-7-10-15-22)28(33)27(32)30(3,4)6-2/h7-12,14-17,24-26H,5-6,13,18-21H2,1-4H3. The molecule has 5 heteroatoms. The predicted octanol–water partition coefficient (Wildman–Crippen LogP) is 4.30. The maximum absolute atomic E-state index is 14.1. The third kappa shape index (κ3) is 5.56. The number of carbonyl (C=O) groups is 3. The predicted molar refractivity (Wildman–Crippen MR) is 135 cm³/mol. The Balaban J connectivity index is 2.10. The quantitative estimate of drug-likeness (QED) is 0.378. The molecule has 3 rings (SSSR count). The molecule has 1 aliphatic heterocycles. The number of quaternary nitrogens is 1. The van der Waals surface area contributed by atoms with Crippen LogP contribution in [0.4, 0.5) is 0 Å². The lowest BCUT2D eigenvalue weighted by Gasteiger charge is -2.51. The Morgan fingerprint density at radius 3 is 2.14 bits per heavy atom. The minimum atomic E-state index is -1.23. The van der Waals surface area contributed by atoms with Crippen molar-refractivity contribution in [3.63, 3.8) is 0 Å². The molecule has 1 fully saturated rings. The van der Waals surface area contributed by atoms with E-state index in [0.29, 0.717) is 32.2 Å². The van der Waals surface area contributed by atoms with Crippen LogP contribution >= 0.6 is 0 Å². The zero-order valence-electron chi connectivity index (χ0n) is 21.5. The number of aliphatic carboxylic acids is 1. The molecule has 35 heavy (non-hydrogen) atoms. The highest BCUT2D eigenvalue weighted by atomic mass is 16.4. The summed E-state index contributed by atoms with van der Waals surface area (Å²) in [7, 11) is 0. The van der Waals surface area contributed by atoms with E-state index in [2.05, 4.69) is 6.92 Å². The molecular weight excluding hydrogens is 438 g/mol. The van der Waals surface area contributed by atoms with Crippen LogP contribution in [-0.2, 0) is 20.8 Å². The van der Waals surface area contributed by atoms with Crippen LogP contribution in [0.3, 0.4) is 0 Å². The number of nitrogens with zero attached hydrogens (tertiary/aromatic N) is 1. The summed E-state index contributed by atoms with van der Waals surface area (Å²) in [4.78, 5) is 40.5. The number of hydrogen-bond acceptors (Lipinski definition) is 4. The van der Waals surface area contributed by atoms with Crippen molar-refractivity contribution in [3.05, 3.63) is 71.8 Å². The Kier molecular flexibility index (Phi) is 8.65. The zero-order valence-corrected chi connectivity index (χ0v) is 21.5. The van der Waals surface area contributed by atoms with Crippen LogP contribution in [0.25, 0.3) is 0 Å². The third-order valence-electron chi connectivity index (χ3n) is 8.20. The summed E-state index contributed by atoms with van der Waals surface area (Å²) in [6.45, 7) is 8.11. The lowest BCUT2D eigenvalue weighted by Crippen LogP contribution is -2.72. The van der Waals surface area contributed by atoms with Crippen molar-refractivity contribution in [3.8, 4) is 0 Å². The number of hydrogen-bond donors (Lipinski definition) is 0. The van der Waals surface area contributed by atoms with Gasteiger partial charge in [-0.3, -0.25) is 4.79 Å². The summed E-state index contributed by atoms with van der Waals surface area (Å²) in [5, 5.41) is 12.9. The zero-order chi connectivity index (χ0) is 25.6. The van der Waals surface area contributed by atoms with Gasteiger partial charge in [0.05, 0.1) is 13.1 Å². The molecule has 1 amide bonds. The number of amides is 1. The Labute approximate surface area is 209 Å². The summed E-state index contributed by atoms with van der Waals surface area (Å²) in [6, 6.07) is 18.6. The van der Waals surface area contributed by atoms with Crippen molar-refractivity contribution >= 4 is 17.7 Å². The third-order valence-corrected chi connectivity index (χ3v) is 8.20. The van der Waals surface area contributed by atoms with Crippen LogP contribution < -0.4 is 5.11 Å². The number of Topliss-reactive ketones (excluding diaryl/α,β-unsaturated/α-hetero) is 1. The monoisotopic (exact) mass is 477 g/mol. The van der Waals surface area contributed by atoms with Gasteiger partial charge in [-0.2, -0.15) is 0 Å². The van der Waals surface area contributed by atoms with Gasteiger partial charge in [0.1, 0.15) is 12.0 Å². The molecule has 0 radical (unpaired) electrons. The van der Waals surface area contributed by atoms with Gasteiger partial charge < -0.3 is 9.90 Å². The number of carbonyl (C=O) groups excluding carboxylic acids is 3. The average Bonchev–Trinajstić information content (AvgIpc) is 2.88. The fraction of sp³-hybridized carbons (Fsp3) is 0.500. The fourth-order valence-electron chi connectivity index (χ4n) is 5.76. The van der Waals surface area contributed by atoms with Crippen molar-refractivity contribution < 1.29 is 24.0 Å². The van der Waals surface area contributed by atoms with Crippen LogP contribution in [0.2, 0.25) is 0 Å². The van der Waals surface area contributed by atoms with E-state index in [1.807, 2.05) is 67.6 Å². The van der Waals surface area contributed by atoms with Crippen LogP contribution in [0.5, 0.6) is 0 Å². The Hall–Kier alpha value is -2.79. The Morgan fingerprint density at radius 2 is 1.60 bits per heavy atom. The van der Waals surface area contributed by atoms with Crippen molar-refractivity contribution in [2.75, 3.05) is 13.1 Å². The van der Waals surface area contributed by atoms with Crippen LogP contribution in [-0.4, -0.2) is 41.3 Å². The molecule has 2 aromatic carbocycles. The summed E-state index contributed by atoms with van der Waals surface area (Å²) < 4.78 is -0.354. The van der Waals surface area contributed by atoms with Gasteiger partial charge in [0.2, 0.25) is 0 Å². The van der Waals surface area contributed by atoms with E-state index in [9.17, 15) is 19.5 Å². The minimum absolute atomic E-state index is 0.0317. The van der Waals surface area contributed by atoms with Crippen LogP contribution in [0, 0.1) is 11.3 Å². The largest absolute Gasteiger partial charge is 0.544 e. The fourth-order valence-corrected chi connectivity index (χ4v) is 5.76. The Morgan fingerprint density at radius 1 is 1.00 bits per heavy atom. The molecule has 5 nitrogen and oxygen atoms in total. The van der Waals surface area contributed by atoms with E-state index in [-0.39, 0.29) is 22.9 Å². The van der Waals surface area contributed by atoms with Crippen molar-refractivity contribution in [2.45, 2.75) is 71.8 Å². The first-order valence-electron chi connectivity index (χ1n) is 12.9. The van der Waals surface area contributed by atoms with Gasteiger partial charge in [-0.1, -0.05) is 88.4 Å². The molecule has 188 valence electrons. The molecule has 4 unspecified atom stereocenters. The van der Waals surface area contributed by atoms with Gasteiger partial charge in [-0.15, -0.1) is 0 Å². The molecule has 1 aliphatic rings. The maximum Gasteiger partial charge on any atom is 0.382 e. The van der Waals surface area contributed by atoms with Crippen molar-refractivity contribution in [1.82, 2.24) is 0 Å². The lowest BCUT2D eigenvalue weighted by molar-refractivity contribution is -0.880. The molecule has 2 aromatic rings. The highest BCUT2D eigenvalue weighted by molar-refractivity contribution is 6.35. The number of benzene rings is 2. The number of ketones is 1. The molecule has 0 saturated carbocycles. The second-order valence-electron chi connectivity index (χ2n) is 10.6. The summed E-state index contributed by atoms with van der Waals surface area (Å²) in [5.74, 6) is -2.61. The second-order valence-corrected chi connectivity index (χ2v) is 10.6. The molecule has 0 N–H and O–H groups in total. The number of carboxylic acid groups (broad SMARTS) is 1. The minimum Gasteiger partial charge on any atom is -0.544 e. The molecule has 0 bridgehead atoms. The normalized spacial score (nSPS) is 23.4. The van der Waals surface area contributed by atoms with E-state index in [1.54, 1.807) is 13.8 Å². The first-order chi connectivity index (χ1) is 16.7. The summed E-state index contributed by atoms with van der Waals surface area (Å²) in [6.07, 6.45) is 3.16. The number of carboxylic acids is 1. The van der Waals surface area contributed by atoms with Crippen molar-refractivity contribution in [1.29, 1.82) is 0 Å². The van der Waals surface area contributed by atoms with E-state index < -0.39 is 29.1 Å². The van der Waals surface area contributed by atoms with Gasteiger partial charge >= 0.3 is 5.91 Å². The van der Waals surface area contributed by atoms with Gasteiger partial charge in [-0.25, -0.2) is 9.28 Å². The average molecular weight is 478 g/mol. The van der Waals surface area contributed by atoms with Gasteiger partial charge in [0.25, 0.3) is 5.78 Å². The number of piperidine rings is 1. The molecule has 0 spiro atoms. The van der Waals surface area contributed by atoms with E-state index in [4.69, 9.17) is 0 Å². The summed E-state index contributed by atoms with van der Waals surface area (Å²) in [5.41, 5.74) is 1.25. The SMILES string of the molecule is CCC(c1ccccc1)C1CCC[N+](CCc2ccccc2)(C(=O)C(=O)C(C)(C)CC)C1C(=O)[O-]. The van der Waals surface area contributed by atoms with Gasteiger partial charge in [0.15, 0.2) is 0 Å². The number of rotatable bonds is 10. The topological polar surface area (TPSA) is 74.3 Å². The van der Waals surface area contributed by atoms with E-state index >= 15 is 0 Å². The van der Waals surface area contributed by atoms with Crippen molar-refractivity contribution in [2.24, 2.45) is 11.3 Å². The van der Waals surface area contributed by atoms with E-state index in [0.717, 1.165) is 17.5 Å². The number of likely N-dealkylation sites (tertiary alicyclic amines) is 1. The van der Waals surface area contributed by atoms with E-state index in [1.165, 1.54) is 0 Å². The van der Waals surface area contributed by atoms with Gasteiger partial charge in [0, 0.05) is 17.8 Å². The smallest absolute Gasteiger partial charge is 0.382 e. The molecular formula is C30H39NO4. The highest BCUT2D eigenvalue weighted by Gasteiger charge is 2.56. The molecule has 0 aliphatic carbocycles. The first kappa shape index (κ1) is 26.8. The molecule has 1 heterocycles. The molecule has 0 aromatic heterocycles. The molecule has 4 atom stereocenters. The Bertz CT molecular complexity index is 1020. The van der Waals surface area contributed by atoms with Crippen LogP contribution in [0.1, 0.15) is 70.4 Å². The lowest BCUT2D eigenvalue weighted by atomic mass is 9.72. The molecule has 1 saturated heterocycles. The van der Waals surface area contributed by atoms with Crippen LogP contribution in [0.15, 0.2) is 60.7 Å². The summed E-state index contributed by atoms with van der Waals surface area (Å²) >= 11 is 0. The van der Waals surface area contributed by atoms with Gasteiger partial charge in [-0.05, 0) is 42.7 Å².